The first kappa shape index (κ1) is 14.3. The first-order valence-corrected chi connectivity index (χ1v) is 8.30. The second-order valence-electron chi connectivity index (χ2n) is 5.27. The monoisotopic (exact) mass is 301 g/mol. The van der Waals surface area contributed by atoms with Crippen LogP contribution in [0.5, 0.6) is 0 Å². The van der Waals surface area contributed by atoms with Gasteiger partial charge in [-0.25, -0.2) is 0 Å². The Morgan fingerprint density at radius 3 is 2.86 bits per heavy atom. The van der Waals surface area contributed by atoms with Gasteiger partial charge in [-0.1, -0.05) is 18.2 Å². The van der Waals surface area contributed by atoms with Crippen LogP contribution in [0, 0.1) is 6.92 Å². The van der Waals surface area contributed by atoms with Crippen LogP contribution in [0.2, 0.25) is 0 Å². The molecule has 3 rings (SSSR count). The first-order chi connectivity index (χ1) is 10.3. The quantitative estimate of drug-likeness (QED) is 0.843. The number of hydrogen-bond donors (Lipinski definition) is 0. The smallest absolute Gasteiger partial charge is 0.254 e. The molecule has 0 spiro atoms. The topological polar surface area (TPSA) is 33.5 Å². The van der Waals surface area contributed by atoms with Crippen LogP contribution < -0.4 is 0 Å². The van der Waals surface area contributed by atoms with Crippen LogP contribution in [0.4, 0.5) is 0 Å². The molecule has 1 unspecified atom stereocenters. The van der Waals surface area contributed by atoms with Crippen molar-refractivity contribution in [2.75, 3.05) is 18.8 Å². The Balaban J connectivity index is 1.70. The minimum absolute atomic E-state index is 0.147. The molecule has 0 N–H and O–H groups in total. The van der Waals surface area contributed by atoms with E-state index in [1.807, 2.05) is 60.0 Å². The third-order valence-corrected chi connectivity index (χ3v) is 5.15. The minimum atomic E-state index is 0.147. The molecule has 1 fully saturated rings. The second-order valence-corrected chi connectivity index (χ2v) is 6.58. The number of nitrogens with zero attached hydrogens (tertiary/aromatic N) is 1. The molecular formula is C17H19NO2S. The summed E-state index contributed by atoms with van der Waals surface area (Å²) in [6.45, 7) is 3.58. The van der Waals surface area contributed by atoms with E-state index in [1.165, 1.54) is 0 Å². The van der Waals surface area contributed by atoms with Crippen molar-refractivity contribution < 1.29 is 9.21 Å². The normalized spacial score (nSPS) is 19.3. The molecule has 3 nitrogen and oxygen atoms in total. The Morgan fingerprint density at radius 1 is 1.24 bits per heavy atom. The van der Waals surface area contributed by atoms with E-state index in [0.717, 1.165) is 42.2 Å². The molecule has 1 aromatic carbocycles. The van der Waals surface area contributed by atoms with E-state index in [9.17, 15) is 4.79 Å². The van der Waals surface area contributed by atoms with Gasteiger partial charge in [-0.15, -0.1) is 11.8 Å². The Labute approximate surface area is 129 Å². The average molecular weight is 301 g/mol. The van der Waals surface area contributed by atoms with Crippen molar-refractivity contribution >= 4 is 17.7 Å². The molecule has 2 heterocycles. The van der Waals surface area contributed by atoms with Gasteiger partial charge in [-0.2, -0.15) is 0 Å². The Bertz CT molecular complexity index is 609. The van der Waals surface area contributed by atoms with E-state index in [4.69, 9.17) is 4.42 Å². The van der Waals surface area contributed by atoms with Gasteiger partial charge in [0, 0.05) is 24.4 Å². The summed E-state index contributed by atoms with van der Waals surface area (Å²) in [6, 6.07) is 11.8. The number of carbonyl (C=O) groups is 1. The van der Waals surface area contributed by atoms with Gasteiger partial charge in [0.1, 0.15) is 5.76 Å². The van der Waals surface area contributed by atoms with Crippen molar-refractivity contribution in [3.63, 3.8) is 0 Å². The number of aryl methyl sites for hydroxylation is 1. The van der Waals surface area contributed by atoms with Crippen molar-refractivity contribution in [3.8, 4) is 0 Å². The number of rotatable bonds is 2. The SMILES string of the molecule is Cc1ccccc1C(=O)N1CCSC(c2ccco2)CC1. The van der Waals surface area contributed by atoms with Crippen LogP contribution in [0.1, 0.15) is 33.4 Å². The number of furan rings is 1. The molecule has 21 heavy (non-hydrogen) atoms. The summed E-state index contributed by atoms with van der Waals surface area (Å²) >= 11 is 1.87. The van der Waals surface area contributed by atoms with Crippen molar-refractivity contribution in [2.45, 2.75) is 18.6 Å². The molecule has 0 radical (unpaired) electrons. The molecule has 1 aliphatic heterocycles. The van der Waals surface area contributed by atoms with E-state index in [1.54, 1.807) is 6.26 Å². The predicted octanol–water partition coefficient (Wildman–Crippen LogP) is 3.91. The van der Waals surface area contributed by atoms with E-state index in [-0.39, 0.29) is 5.91 Å². The van der Waals surface area contributed by atoms with Gasteiger partial charge in [0.2, 0.25) is 0 Å². The maximum absolute atomic E-state index is 12.7. The van der Waals surface area contributed by atoms with E-state index in [0.29, 0.717) is 5.25 Å². The largest absolute Gasteiger partial charge is 0.468 e. The lowest BCUT2D eigenvalue weighted by Crippen LogP contribution is -2.33. The van der Waals surface area contributed by atoms with Crippen LogP contribution in [0.15, 0.2) is 47.1 Å². The van der Waals surface area contributed by atoms with E-state index < -0.39 is 0 Å². The Hall–Kier alpha value is -1.68. The molecule has 1 amide bonds. The lowest BCUT2D eigenvalue weighted by Gasteiger charge is -2.21. The maximum atomic E-state index is 12.7. The molecule has 2 aromatic rings. The number of benzene rings is 1. The molecule has 0 bridgehead atoms. The number of carbonyl (C=O) groups excluding carboxylic acids is 1. The number of amides is 1. The molecule has 1 aromatic heterocycles. The summed E-state index contributed by atoms with van der Waals surface area (Å²) in [4.78, 5) is 14.6. The lowest BCUT2D eigenvalue weighted by atomic mass is 10.1. The summed E-state index contributed by atoms with van der Waals surface area (Å²) in [5, 5.41) is 0.356. The highest BCUT2D eigenvalue weighted by Gasteiger charge is 2.24. The van der Waals surface area contributed by atoms with Gasteiger partial charge in [0.25, 0.3) is 5.91 Å². The van der Waals surface area contributed by atoms with Crippen molar-refractivity contribution in [1.82, 2.24) is 4.90 Å². The molecule has 1 atom stereocenters. The third kappa shape index (κ3) is 3.16. The fourth-order valence-electron chi connectivity index (χ4n) is 2.66. The van der Waals surface area contributed by atoms with E-state index in [2.05, 4.69) is 0 Å². The zero-order valence-corrected chi connectivity index (χ0v) is 12.9. The highest BCUT2D eigenvalue weighted by atomic mass is 32.2. The van der Waals surface area contributed by atoms with Crippen molar-refractivity contribution in [1.29, 1.82) is 0 Å². The minimum Gasteiger partial charge on any atom is -0.468 e. The average Bonchev–Trinajstić information content (AvgIpc) is 2.92. The van der Waals surface area contributed by atoms with Gasteiger partial charge < -0.3 is 9.32 Å². The Kier molecular flexibility index (Phi) is 4.34. The molecule has 1 aliphatic rings. The lowest BCUT2D eigenvalue weighted by molar-refractivity contribution is 0.0765. The molecule has 0 saturated carbocycles. The highest BCUT2D eigenvalue weighted by Crippen LogP contribution is 2.34. The van der Waals surface area contributed by atoms with Crippen LogP contribution >= 0.6 is 11.8 Å². The zero-order chi connectivity index (χ0) is 14.7. The second kappa shape index (κ2) is 6.39. The van der Waals surface area contributed by atoms with Crippen LogP contribution in [-0.2, 0) is 0 Å². The first-order valence-electron chi connectivity index (χ1n) is 7.25. The molecule has 110 valence electrons. The summed E-state index contributed by atoms with van der Waals surface area (Å²) < 4.78 is 5.50. The summed E-state index contributed by atoms with van der Waals surface area (Å²) in [5.74, 6) is 2.11. The summed E-state index contributed by atoms with van der Waals surface area (Å²) in [7, 11) is 0. The molecular weight excluding hydrogens is 282 g/mol. The fourth-order valence-corrected chi connectivity index (χ4v) is 3.84. The molecule has 1 saturated heterocycles. The standard InChI is InChI=1S/C17H19NO2S/c1-13-5-2-3-6-14(13)17(19)18-9-8-16(21-12-10-18)15-7-4-11-20-15/h2-7,11,16H,8-10,12H2,1H3. The van der Waals surface area contributed by atoms with Crippen molar-refractivity contribution in [3.05, 3.63) is 59.5 Å². The number of thioether (sulfide) groups is 1. The van der Waals surface area contributed by atoms with Gasteiger partial charge in [0.15, 0.2) is 0 Å². The fraction of sp³-hybridized carbons (Fsp3) is 0.353. The summed E-state index contributed by atoms with van der Waals surface area (Å²) in [5.41, 5.74) is 1.86. The Morgan fingerprint density at radius 2 is 2.10 bits per heavy atom. The zero-order valence-electron chi connectivity index (χ0n) is 12.1. The summed E-state index contributed by atoms with van der Waals surface area (Å²) in [6.07, 6.45) is 2.66. The third-order valence-electron chi connectivity index (χ3n) is 3.86. The van der Waals surface area contributed by atoms with Crippen LogP contribution in [-0.4, -0.2) is 29.6 Å². The van der Waals surface area contributed by atoms with Crippen molar-refractivity contribution in [2.24, 2.45) is 0 Å². The predicted molar refractivity (Wildman–Crippen MR) is 85.6 cm³/mol. The number of hydrogen-bond acceptors (Lipinski definition) is 3. The maximum Gasteiger partial charge on any atom is 0.254 e. The molecule has 0 aliphatic carbocycles. The van der Waals surface area contributed by atoms with E-state index >= 15 is 0 Å². The van der Waals surface area contributed by atoms with Gasteiger partial charge in [-0.05, 0) is 37.1 Å². The van der Waals surface area contributed by atoms with Crippen LogP contribution in [0.3, 0.4) is 0 Å². The van der Waals surface area contributed by atoms with Gasteiger partial charge in [0.05, 0.1) is 11.5 Å². The van der Waals surface area contributed by atoms with Gasteiger partial charge in [-0.3, -0.25) is 4.79 Å². The van der Waals surface area contributed by atoms with Crippen LogP contribution in [0.25, 0.3) is 0 Å². The van der Waals surface area contributed by atoms with Gasteiger partial charge >= 0.3 is 0 Å². The molecule has 4 heteroatoms. The highest BCUT2D eigenvalue weighted by molar-refractivity contribution is 7.99.